The van der Waals surface area contributed by atoms with Crippen LogP contribution in [0.1, 0.15) is 49.3 Å². The lowest BCUT2D eigenvalue weighted by molar-refractivity contribution is 0.149. The Morgan fingerprint density at radius 1 is 1.17 bits per heavy atom. The van der Waals surface area contributed by atoms with Crippen LogP contribution >= 0.6 is 0 Å². The normalized spacial score (nSPS) is 15.0. The molecule has 0 saturated carbocycles. The number of aromatic nitrogens is 2. The standard InChI is InChI=1S/C16H22N4O.C2H6/c1-11-3-4-14(9-12(11)2)18-16-15(10-20(21)19-16)13-5-7-17-8-6-13;1-2/h3-4,9-10,13,17,21H,5-8H2,1-2H3,(H,18,19);1-2H3. The van der Waals surface area contributed by atoms with E-state index in [4.69, 9.17) is 0 Å². The molecule has 1 saturated heterocycles. The summed E-state index contributed by atoms with van der Waals surface area (Å²) in [6, 6.07) is 6.25. The van der Waals surface area contributed by atoms with Gasteiger partial charge in [0.25, 0.3) is 0 Å². The molecule has 1 aliphatic heterocycles. The average Bonchev–Trinajstić information content (AvgIpc) is 2.94. The fraction of sp³-hybridized carbons (Fsp3) is 0.500. The highest BCUT2D eigenvalue weighted by Crippen LogP contribution is 2.32. The number of rotatable bonds is 3. The molecule has 1 aromatic carbocycles. The maximum Gasteiger partial charge on any atom is 0.159 e. The Balaban J connectivity index is 0.000000924. The van der Waals surface area contributed by atoms with Gasteiger partial charge in [0, 0.05) is 11.3 Å². The Kier molecular flexibility index (Phi) is 6.04. The van der Waals surface area contributed by atoms with Crippen molar-refractivity contribution < 1.29 is 5.21 Å². The molecule has 0 atom stereocenters. The first-order valence-corrected chi connectivity index (χ1v) is 8.47. The highest BCUT2D eigenvalue weighted by molar-refractivity contribution is 5.61. The molecular weight excluding hydrogens is 288 g/mol. The average molecular weight is 316 g/mol. The highest BCUT2D eigenvalue weighted by Gasteiger charge is 2.21. The lowest BCUT2D eigenvalue weighted by Gasteiger charge is -2.22. The van der Waals surface area contributed by atoms with E-state index in [2.05, 4.69) is 41.7 Å². The van der Waals surface area contributed by atoms with Crippen LogP contribution in [0.5, 0.6) is 0 Å². The minimum atomic E-state index is 0.446. The van der Waals surface area contributed by atoms with Crippen molar-refractivity contribution in [1.29, 1.82) is 0 Å². The van der Waals surface area contributed by atoms with E-state index >= 15 is 0 Å². The predicted octanol–water partition coefficient (Wildman–Crippen LogP) is 3.97. The van der Waals surface area contributed by atoms with Crippen molar-refractivity contribution in [3.05, 3.63) is 41.1 Å². The maximum absolute atomic E-state index is 9.69. The Hall–Kier alpha value is -2.01. The number of benzene rings is 1. The second kappa shape index (κ2) is 8.02. The molecule has 5 heteroatoms. The third-order valence-corrected chi connectivity index (χ3v) is 4.28. The van der Waals surface area contributed by atoms with Gasteiger partial charge in [-0.3, -0.25) is 0 Å². The van der Waals surface area contributed by atoms with Gasteiger partial charge in [-0.25, -0.2) is 0 Å². The lowest BCUT2D eigenvalue weighted by atomic mass is 9.92. The van der Waals surface area contributed by atoms with Gasteiger partial charge in [-0.15, -0.1) is 9.94 Å². The molecule has 126 valence electrons. The van der Waals surface area contributed by atoms with Gasteiger partial charge in [0.2, 0.25) is 0 Å². The summed E-state index contributed by atoms with van der Waals surface area (Å²) >= 11 is 0. The van der Waals surface area contributed by atoms with Gasteiger partial charge in [-0.05, 0) is 69.0 Å². The molecule has 0 radical (unpaired) electrons. The number of anilines is 2. The largest absolute Gasteiger partial charge is 0.412 e. The van der Waals surface area contributed by atoms with Crippen molar-refractivity contribution in [1.82, 2.24) is 15.3 Å². The van der Waals surface area contributed by atoms with Gasteiger partial charge in [0.1, 0.15) is 0 Å². The number of nitrogens with one attached hydrogen (secondary N) is 2. The molecule has 1 aliphatic rings. The lowest BCUT2D eigenvalue weighted by Crippen LogP contribution is -2.26. The Morgan fingerprint density at radius 3 is 2.52 bits per heavy atom. The van der Waals surface area contributed by atoms with Crippen LogP contribution in [0.3, 0.4) is 0 Å². The summed E-state index contributed by atoms with van der Waals surface area (Å²) in [6.07, 6.45) is 3.87. The van der Waals surface area contributed by atoms with Gasteiger partial charge < -0.3 is 15.8 Å². The zero-order valence-electron chi connectivity index (χ0n) is 14.6. The summed E-state index contributed by atoms with van der Waals surface area (Å²) in [4.78, 5) is 0.917. The SMILES string of the molecule is CC.Cc1ccc(Nc2nn(O)cc2C2CCNCC2)cc1C. The van der Waals surface area contributed by atoms with E-state index in [1.807, 2.05) is 19.9 Å². The smallest absolute Gasteiger partial charge is 0.159 e. The Morgan fingerprint density at radius 2 is 1.87 bits per heavy atom. The van der Waals surface area contributed by atoms with Crippen LogP contribution in [0.2, 0.25) is 0 Å². The van der Waals surface area contributed by atoms with E-state index in [1.165, 1.54) is 11.1 Å². The minimum absolute atomic E-state index is 0.446. The molecule has 2 aromatic rings. The first-order chi connectivity index (χ1) is 11.1. The van der Waals surface area contributed by atoms with Crippen LogP contribution < -0.4 is 10.6 Å². The van der Waals surface area contributed by atoms with Gasteiger partial charge in [0.15, 0.2) is 5.82 Å². The third-order valence-electron chi connectivity index (χ3n) is 4.28. The van der Waals surface area contributed by atoms with E-state index in [0.717, 1.165) is 47.8 Å². The van der Waals surface area contributed by atoms with Crippen LogP contribution in [0.15, 0.2) is 24.4 Å². The van der Waals surface area contributed by atoms with Gasteiger partial charge in [-0.1, -0.05) is 19.9 Å². The zero-order chi connectivity index (χ0) is 16.8. The fourth-order valence-electron chi connectivity index (χ4n) is 2.86. The van der Waals surface area contributed by atoms with Crippen molar-refractivity contribution in [3.63, 3.8) is 0 Å². The van der Waals surface area contributed by atoms with Crippen LogP contribution in [0, 0.1) is 13.8 Å². The molecular formula is C18H28N4O. The zero-order valence-corrected chi connectivity index (χ0v) is 14.6. The van der Waals surface area contributed by atoms with Gasteiger partial charge in [-0.2, -0.15) is 0 Å². The predicted molar refractivity (Wildman–Crippen MR) is 94.8 cm³/mol. The first-order valence-electron chi connectivity index (χ1n) is 8.47. The summed E-state index contributed by atoms with van der Waals surface area (Å²) < 4.78 is 0. The number of hydrogen-bond acceptors (Lipinski definition) is 4. The van der Waals surface area contributed by atoms with Crippen molar-refractivity contribution in [3.8, 4) is 0 Å². The molecule has 1 fully saturated rings. The summed E-state index contributed by atoms with van der Waals surface area (Å²) in [7, 11) is 0. The third kappa shape index (κ3) is 4.26. The second-order valence-electron chi connectivity index (χ2n) is 5.80. The van der Waals surface area contributed by atoms with Crippen molar-refractivity contribution in [2.45, 2.75) is 46.5 Å². The highest BCUT2D eigenvalue weighted by atomic mass is 16.5. The second-order valence-corrected chi connectivity index (χ2v) is 5.80. The molecule has 2 heterocycles. The van der Waals surface area contributed by atoms with E-state index in [1.54, 1.807) is 6.20 Å². The summed E-state index contributed by atoms with van der Waals surface area (Å²) in [6.45, 7) is 10.2. The number of piperidine rings is 1. The van der Waals surface area contributed by atoms with Crippen LogP contribution in [-0.2, 0) is 0 Å². The maximum atomic E-state index is 9.69. The Bertz CT molecular complexity index is 630. The quantitative estimate of drug-likeness (QED) is 0.750. The molecule has 0 unspecified atom stereocenters. The minimum Gasteiger partial charge on any atom is -0.412 e. The van der Waals surface area contributed by atoms with E-state index in [0.29, 0.717) is 5.92 Å². The van der Waals surface area contributed by atoms with Gasteiger partial charge >= 0.3 is 0 Å². The first kappa shape index (κ1) is 17.3. The molecule has 0 amide bonds. The summed E-state index contributed by atoms with van der Waals surface area (Å²) in [5.41, 5.74) is 4.61. The molecule has 3 rings (SSSR count). The topological polar surface area (TPSA) is 62.1 Å². The van der Waals surface area contributed by atoms with E-state index in [9.17, 15) is 5.21 Å². The number of aryl methyl sites for hydroxylation is 2. The van der Waals surface area contributed by atoms with E-state index in [-0.39, 0.29) is 0 Å². The molecule has 1 aromatic heterocycles. The number of hydrogen-bond donors (Lipinski definition) is 3. The molecule has 5 nitrogen and oxygen atoms in total. The summed E-state index contributed by atoms with van der Waals surface area (Å²) in [5.74, 6) is 1.20. The van der Waals surface area contributed by atoms with Crippen LogP contribution in [0.4, 0.5) is 11.5 Å². The molecule has 23 heavy (non-hydrogen) atoms. The van der Waals surface area contributed by atoms with Crippen molar-refractivity contribution in [2.75, 3.05) is 18.4 Å². The fourth-order valence-corrected chi connectivity index (χ4v) is 2.86. The Labute approximate surface area is 138 Å². The van der Waals surface area contributed by atoms with Crippen LogP contribution in [0.25, 0.3) is 0 Å². The van der Waals surface area contributed by atoms with Gasteiger partial charge in [0.05, 0.1) is 6.20 Å². The van der Waals surface area contributed by atoms with Crippen molar-refractivity contribution in [2.24, 2.45) is 0 Å². The summed E-state index contributed by atoms with van der Waals surface area (Å²) in [5, 5.41) is 20.6. The van der Waals surface area contributed by atoms with E-state index < -0.39 is 0 Å². The monoisotopic (exact) mass is 316 g/mol. The number of nitrogens with zero attached hydrogens (tertiary/aromatic N) is 2. The van der Waals surface area contributed by atoms with Crippen LogP contribution in [-0.4, -0.2) is 28.2 Å². The van der Waals surface area contributed by atoms with Crippen molar-refractivity contribution >= 4 is 11.5 Å². The molecule has 0 bridgehead atoms. The molecule has 3 N–H and O–H groups in total. The molecule has 0 aliphatic carbocycles. The molecule has 0 spiro atoms.